The molecule has 0 aromatic heterocycles. The SMILES string of the molecule is CC(NC(=O)c1cc(N)cc(Br)c1)C(=O)N(C)C. The number of benzene rings is 1. The van der Waals surface area contributed by atoms with E-state index in [1.54, 1.807) is 39.2 Å². The first-order valence-corrected chi connectivity index (χ1v) is 6.18. The number of halogens is 1. The normalized spacial score (nSPS) is 11.8. The van der Waals surface area contributed by atoms with Crippen LogP contribution in [0.3, 0.4) is 0 Å². The summed E-state index contributed by atoms with van der Waals surface area (Å²) in [5, 5.41) is 2.63. The van der Waals surface area contributed by atoms with Gasteiger partial charge in [-0.25, -0.2) is 0 Å². The second-order valence-corrected chi connectivity index (χ2v) is 5.12. The van der Waals surface area contributed by atoms with Crippen molar-refractivity contribution in [3.05, 3.63) is 28.2 Å². The first-order chi connectivity index (χ1) is 8.31. The second-order valence-electron chi connectivity index (χ2n) is 4.20. The molecule has 0 bridgehead atoms. The number of hydrogen-bond donors (Lipinski definition) is 2. The number of nitrogens with two attached hydrogens (primary N) is 1. The summed E-state index contributed by atoms with van der Waals surface area (Å²) in [6, 6.07) is 4.34. The fourth-order valence-corrected chi connectivity index (χ4v) is 1.98. The largest absolute Gasteiger partial charge is 0.399 e. The van der Waals surface area contributed by atoms with E-state index in [0.717, 1.165) is 4.47 Å². The van der Waals surface area contributed by atoms with Gasteiger partial charge in [-0.2, -0.15) is 0 Å². The van der Waals surface area contributed by atoms with Gasteiger partial charge in [0.2, 0.25) is 5.91 Å². The van der Waals surface area contributed by atoms with Crippen LogP contribution in [0.5, 0.6) is 0 Å². The molecule has 1 unspecified atom stereocenters. The number of carbonyl (C=O) groups excluding carboxylic acids is 2. The molecule has 0 aliphatic carbocycles. The lowest BCUT2D eigenvalue weighted by Crippen LogP contribution is -2.44. The van der Waals surface area contributed by atoms with Gasteiger partial charge in [0.15, 0.2) is 0 Å². The number of rotatable bonds is 3. The average molecular weight is 314 g/mol. The lowest BCUT2D eigenvalue weighted by atomic mass is 10.1. The Balaban J connectivity index is 2.79. The van der Waals surface area contributed by atoms with Crippen LogP contribution in [-0.4, -0.2) is 36.9 Å². The monoisotopic (exact) mass is 313 g/mol. The van der Waals surface area contributed by atoms with Crippen LogP contribution in [0.1, 0.15) is 17.3 Å². The van der Waals surface area contributed by atoms with Crippen molar-refractivity contribution in [2.75, 3.05) is 19.8 Å². The molecule has 1 aromatic rings. The van der Waals surface area contributed by atoms with E-state index in [4.69, 9.17) is 5.73 Å². The van der Waals surface area contributed by atoms with E-state index in [2.05, 4.69) is 21.2 Å². The first-order valence-electron chi connectivity index (χ1n) is 5.39. The maximum atomic E-state index is 11.9. The topological polar surface area (TPSA) is 75.4 Å². The maximum Gasteiger partial charge on any atom is 0.252 e. The van der Waals surface area contributed by atoms with E-state index < -0.39 is 6.04 Å². The molecular formula is C12H16BrN3O2. The molecule has 5 nitrogen and oxygen atoms in total. The van der Waals surface area contributed by atoms with Crippen molar-refractivity contribution in [1.29, 1.82) is 0 Å². The van der Waals surface area contributed by atoms with Crippen molar-refractivity contribution in [2.45, 2.75) is 13.0 Å². The van der Waals surface area contributed by atoms with Crippen molar-refractivity contribution >= 4 is 33.4 Å². The van der Waals surface area contributed by atoms with E-state index in [9.17, 15) is 9.59 Å². The molecule has 6 heteroatoms. The van der Waals surface area contributed by atoms with E-state index >= 15 is 0 Å². The van der Waals surface area contributed by atoms with Gasteiger partial charge in [-0.3, -0.25) is 9.59 Å². The highest BCUT2D eigenvalue weighted by Crippen LogP contribution is 2.17. The minimum absolute atomic E-state index is 0.161. The van der Waals surface area contributed by atoms with Crippen molar-refractivity contribution in [3.8, 4) is 0 Å². The van der Waals surface area contributed by atoms with Crippen LogP contribution in [0.2, 0.25) is 0 Å². The van der Waals surface area contributed by atoms with Crippen LogP contribution in [0.4, 0.5) is 5.69 Å². The van der Waals surface area contributed by atoms with Gasteiger partial charge >= 0.3 is 0 Å². The quantitative estimate of drug-likeness (QED) is 0.824. The molecule has 0 saturated carbocycles. The Hall–Kier alpha value is -1.56. The van der Waals surface area contributed by atoms with Gasteiger partial charge < -0.3 is 16.0 Å². The van der Waals surface area contributed by atoms with Crippen LogP contribution in [0.15, 0.2) is 22.7 Å². The zero-order valence-electron chi connectivity index (χ0n) is 10.5. The number of anilines is 1. The van der Waals surface area contributed by atoms with Gasteiger partial charge in [-0.1, -0.05) is 15.9 Å². The van der Waals surface area contributed by atoms with Gasteiger partial charge in [0.25, 0.3) is 5.91 Å². The lowest BCUT2D eigenvalue weighted by Gasteiger charge is -2.18. The highest BCUT2D eigenvalue weighted by atomic mass is 79.9. The number of likely N-dealkylation sites (N-methyl/N-ethyl adjacent to an activating group) is 1. The summed E-state index contributed by atoms with van der Waals surface area (Å²) in [7, 11) is 3.28. The van der Waals surface area contributed by atoms with Gasteiger partial charge in [-0.05, 0) is 25.1 Å². The van der Waals surface area contributed by atoms with Crippen LogP contribution in [0, 0.1) is 0 Å². The van der Waals surface area contributed by atoms with Gasteiger partial charge in [0.1, 0.15) is 6.04 Å². The highest BCUT2D eigenvalue weighted by Gasteiger charge is 2.18. The number of hydrogen-bond acceptors (Lipinski definition) is 3. The summed E-state index contributed by atoms with van der Waals surface area (Å²) in [5.41, 5.74) is 6.55. The standard InChI is InChI=1S/C12H16BrN3O2/c1-7(12(18)16(2)3)15-11(17)8-4-9(13)6-10(14)5-8/h4-7H,14H2,1-3H3,(H,15,17). The summed E-state index contributed by atoms with van der Waals surface area (Å²) in [6.45, 7) is 1.64. The molecule has 0 radical (unpaired) electrons. The summed E-state index contributed by atoms with van der Waals surface area (Å²) in [5.74, 6) is -0.489. The summed E-state index contributed by atoms with van der Waals surface area (Å²) in [4.78, 5) is 25.0. The van der Waals surface area contributed by atoms with Gasteiger partial charge in [-0.15, -0.1) is 0 Å². The Morgan fingerprint density at radius 1 is 1.33 bits per heavy atom. The second kappa shape index (κ2) is 5.86. The Bertz CT molecular complexity index is 454. The third-order valence-corrected chi connectivity index (χ3v) is 2.80. The lowest BCUT2D eigenvalue weighted by molar-refractivity contribution is -0.130. The molecule has 18 heavy (non-hydrogen) atoms. The number of nitrogens with zero attached hydrogens (tertiary/aromatic N) is 1. The van der Waals surface area contributed by atoms with Crippen molar-refractivity contribution in [1.82, 2.24) is 10.2 Å². The number of nitrogens with one attached hydrogen (secondary N) is 1. The zero-order valence-corrected chi connectivity index (χ0v) is 12.1. The molecular weight excluding hydrogens is 298 g/mol. The van der Waals surface area contributed by atoms with Crippen LogP contribution < -0.4 is 11.1 Å². The Labute approximate surface area is 114 Å². The molecule has 1 rings (SSSR count). The average Bonchev–Trinajstić information content (AvgIpc) is 2.26. The Morgan fingerprint density at radius 3 is 2.44 bits per heavy atom. The minimum Gasteiger partial charge on any atom is -0.399 e. The summed E-state index contributed by atoms with van der Waals surface area (Å²) < 4.78 is 0.722. The molecule has 0 spiro atoms. The van der Waals surface area contributed by atoms with Gasteiger partial charge in [0.05, 0.1) is 0 Å². The number of nitrogen functional groups attached to an aromatic ring is 1. The molecule has 0 fully saturated rings. The smallest absolute Gasteiger partial charge is 0.252 e. The van der Waals surface area contributed by atoms with Crippen molar-refractivity contribution < 1.29 is 9.59 Å². The third kappa shape index (κ3) is 3.73. The molecule has 0 saturated heterocycles. The van der Waals surface area contributed by atoms with Crippen molar-refractivity contribution in [2.24, 2.45) is 0 Å². The van der Waals surface area contributed by atoms with Crippen molar-refractivity contribution in [3.63, 3.8) is 0 Å². The molecule has 98 valence electrons. The van der Waals surface area contributed by atoms with Crippen LogP contribution >= 0.6 is 15.9 Å². The Morgan fingerprint density at radius 2 is 1.94 bits per heavy atom. The summed E-state index contributed by atoms with van der Waals surface area (Å²) in [6.07, 6.45) is 0. The zero-order chi connectivity index (χ0) is 13.9. The van der Waals surface area contributed by atoms with E-state index in [1.165, 1.54) is 4.90 Å². The molecule has 0 heterocycles. The third-order valence-electron chi connectivity index (χ3n) is 2.34. The molecule has 0 aliphatic heterocycles. The predicted octanol–water partition coefficient (Wildman–Crippen LogP) is 1.24. The first kappa shape index (κ1) is 14.5. The summed E-state index contributed by atoms with van der Waals surface area (Å²) >= 11 is 3.26. The maximum absolute atomic E-state index is 11.9. The van der Waals surface area contributed by atoms with E-state index in [0.29, 0.717) is 11.3 Å². The van der Waals surface area contributed by atoms with Crippen LogP contribution in [0.25, 0.3) is 0 Å². The van der Waals surface area contributed by atoms with Gasteiger partial charge in [0, 0.05) is 29.8 Å². The molecule has 1 atom stereocenters. The molecule has 0 aliphatic rings. The molecule has 2 amide bonds. The fraction of sp³-hybridized carbons (Fsp3) is 0.333. The number of carbonyl (C=O) groups is 2. The minimum atomic E-state index is -0.576. The van der Waals surface area contributed by atoms with Crippen LogP contribution in [-0.2, 0) is 4.79 Å². The predicted molar refractivity (Wildman–Crippen MR) is 74.2 cm³/mol. The highest BCUT2D eigenvalue weighted by molar-refractivity contribution is 9.10. The fourth-order valence-electron chi connectivity index (χ4n) is 1.47. The molecule has 1 aromatic carbocycles. The van der Waals surface area contributed by atoms with E-state index in [1.807, 2.05) is 0 Å². The molecule has 3 N–H and O–H groups in total. The Kier molecular flexibility index (Phi) is 4.72. The number of amides is 2. The van der Waals surface area contributed by atoms with E-state index in [-0.39, 0.29) is 11.8 Å².